The van der Waals surface area contributed by atoms with E-state index in [9.17, 15) is 0 Å². The van der Waals surface area contributed by atoms with Crippen LogP contribution in [-0.4, -0.2) is 6.54 Å². The van der Waals surface area contributed by atoms with Crippen molar-refractivity contribution in [1.82, 2.24) is 5.32 Å². The summed E-state index contributed by atoms with van der Waals surface area (Å²) in [4.78, 5) is 0. The predicted octanol–water partition coefficient (Wildman–Crippen LogP) is 3.32. The second-order valence-corrected chi connectivity index (χ2v) is 5.00. The highest BCUT2D eigenvalue weighted by atomic mass is 16.5. The lowest BCUT2D eigenvalue weighted by Gasteiger charge is -2.17. The average Bonchev–Trinajstić information content (AvgIpc) is 3.03. The van der Waals surface area contributed by atoms with Crippen LogP contribution in [0, 0.1) is 6.92 Å². The Hall–Kier alpha value is -1.58. The maximum absolute atomic E-state index is 5.48. The Bertz CT molecular complexity index is 574. The minimum Gasteiger partial charge on any atom is -0.469 e. The van der Waals surface area contributed by atoms with E-state index in [0.717, 1.165) is 25.5 Å². The molecule has 1 unspecified atom stereocenters. The Labute approximate surface area is 113 Å². The number of furan rings is 1. The second kappa shape index (κ2) is 5.19. The van der Waals surface area contributed by atoms with Gasteiger partial charge < -0.3 is 14.5 Å². The van der Waals surface area contributed by atoms with Crippen molar-refractivity contribution in [2.24, 2.45) is 0 Å². The molecule has 2 aromatic rings. The third-order valence-electron chi connectivity index (χ3n) is 3.57. The third-order valence-corrected chi connectivity index (χ3v) is 3.57. The Kier molecular flexibility index (Phi) is 3.40. The molecule has 1 aromatic heterocycles. The summed E-state index contributed by atoms with van der Waals surface area (Å²) in [6.45, 7) is 6.49. The van der Waals surface area contributed by atoms with E-state index in [2.05, 4.69) is 36.5 Å². The van der Waals surface area contributed by atoms with Crippen LogP contribution in [0.15, 0.2) is 34.9 Å². The quantitative estimate of drug-likeness (QED) is 0.912. The number of hydrogen-bond acceptors (Lipinski definition) is 3. The van der Waals surface area contributed by atoms with Crippen LogP contribution in [0.5, 0.6) is 0 Å². The van der Waals surface area contributed by atoms with Gasteiger partial charge in [0, 0.05) is 5.56 Å². The SMILES string of the molecule is CCNC(c1coc(C)c1)c1ccc2c(c1)COC2. The first-order valence-corrected chi connectivity index (χ1v) is 6.76. The Morgan fingerprint density at radius 1 is 1.16 bits per heavy atom. The fraction of sp³-hybridized carbons (Fsp3) is 0.375. The zero-order valence-electron chi connectivity index (χ0n) is 11.4. The molecule has 19 heavy (non-hydrogen) atoms. The standard InChI is InChI=1S/C16H19NO2/c1-3-17-16(15-6-11(2)19-10-15)12-4-5-13-8-18-9-14(13)7-12/h4-7,10,16-17H,3,8-9H2,1-2H3. The first-order chi connectivity index (χ1) is 9.28. The van der Waals surface area contributed by atoms with Gasteiger partial charge in [-0.05, 0) is 36.2 Å². The number of aryl methyl sites for hydroxylation is 1. The Morgan fingerprint density at radius 3 is 2.74 bits per heavy atom. The number of fused-ring (bicyclic) bond motifs is 1. The summed E-state index contributed by atoms with van der Waals surface area (Å²) in [5.41, 5.74) is 5.06. The molecule has 0 fully saturated rings. The maximum Gasteiger partial charge on any atom is 0.101 e. The van der Waals surface area contributed by atoms with Gasteiger partial charge in [-0.1, -0.05) is 25.1 Å². The van der Waals surface area contributed by atoms with E-state index in [1.54, 1.807) is 0 Å². The Balaban J connectivity index is 1.95. The van der Waals surface area contributed by atoms with E-state index in [0.29, 0.717) is 0 Å². The van der Waals surface area contributed by atoms with Gasteiger partial charge in [-0.15, -0.1) is 0 Å². The molecule has 1 N–H and O–H groups in total. The largest absolute Gasteiger partial charge is 0.469 e. The van der Waals surface area contributed by atoms with Crippen LogP contribution in [0.25, 0.3) is 0 Å². The van der Waals surface area contributed by atoms with Gasteiger partial charge in [0.1, 0.15) is 5.76 Å². The molecule has 0 spiro atoms. The number of nitrogens with one attached hydrogen (secondary N) is 1. The lowest BCUT2D eigenvalue weighted by atomic mass is 9.97. The van der Waals surface area contributed by atoms with Crippen molar-refractivity contribution in [3.05, 3.63) is 58.5 Å². The van der Waals surface area contributed by atoms with Gasteiger partial charge in [-0.25, -0.2) is 0 Å². The average molecular weight is 257 g/mol. The van der Waals surface area contributed by atoms with E-state index < -0.39 is 0 Å². The van der Waals surface area contributed by atoms with Gasteiger partial charge in [0.05, 0.1) is 25.5 Å². The molecule has 1 aliphatic heterocycles. The predicted molar refractivity (Wildman–Crippen MR) is 73.9 cm³/mol. The summed E-state index contributed by atoms with van der Waals surface area (Å²) in [6, 6.07) is 8.89. The van der Waals surface area contributed by atoms with Crippen molar-refractivity contribution in [2.45, 2.75) is 33.1 Å². The molecule has 100 valence electrons. The van der Waals surface area contributed by atoms with Gasteiger partial charge in [-0.2, -0.15) is 0 Å². The summed E-state index contributed by atoms with van der Waals surface area (Å²) >= 11 is 0. The van der Waals surface area contributed by atoms with E-state index >= 15 is 0 Å². The van der Waals surface area contributed by atoms with Crippen molar-refractivity contribution >= 4 is 0 Å². The minimum atomic E-state index is 0.188. The van der Waals surface area contributed by atoms with Gasteiger partial charge in [0.15, 0.2) is 0 Å². The zero-order chi connectivity index (χ0) is 13.2. The van der Waals surface area contributed by atoms with Crippen molar-refractivity contribution in [3.8, 4) is 0 Å². The van der Waals surface area contributed by atoms with Crippen LogP contribution in [0.3, 0.4) is 0 Å². The fourth-order valence-corrected chi connectivity index (χ4v) is 2.62. The molecule has 0 radical (unpaired) electrons. The molecule has 0 saturated heterocycles. The highest BCUT2D eigenvalue weighted by Crippen LogP contribution is 2.28. The van der Waals surface area contributed by atoms with Crippen LogP contribution in [0.2, 0.25) is 0 Å². The topological polar surface area (TPSA) is 34.4 Å². The van der Waals surface area contributed by atoms with Crippen molar-refractivity contribution in [1.29, 1.82) is 0 Å². The molecule has 0 bridgehead atoms. The van der Waals surface area contributed by atoms with Crippen LogP contribution in [0.4, 0.5) is 0 Å². The summed E-state index contributed by atoms with van der Waals surface area (Å²) in [5, 5.41) is 3.52. The van der Waals surface area contributed by atoms with E-state index in [1.165, 1.54) is 22.3 Å². The van der Waals surface area contributed by atoms with Crippen molar-refractivity contribution < 1.29 is 9.15 Å². The molecule has 1 aliphatic rings. The first kappa shape index (κ1) is 12.5. The zero-order valence-corrected chi connectivity index (χ0v) is 11.4. The molecular weight excluding hydrogens is 238 g/mol. The summed E-state index contributed by atoms with van der Waals surface area (Å²) < 4.78 is 10.9. The Morgan fingerprint density at radius 2 is 2.00 bits per heavy atom. The van der Waals surface area contributed by atoms with E-state index in [1.807, 2.05) is 13.2 Å². The van der Waals surface area contributed by atoms with Gasteiger partial charge in [-0.3, -0.25) is 0 Å². The lowest BCUT2D eigenvalue weighted by Crippen LogP contribution is -2.21. The number of rotatable bonds is 4. The monoisotopic (exact) mass is 257 g/mol. The van der Waals surface area contributed by atoms with E-state index in [-0.39, 0.29) is 6.04 Å². The number of benzene rings is 1. The third kappa shape index (κ3) is 2.44. The molecule has 1 aromatic carbocycles. The smallest absolute Gasteiger partial charge is 0.101 e. The number of hydrogen-bond donors (Lipinski definition) is 1. The minimum absolute atomic E-state index is 0.188. The molecule has 0 amide bonds. The molecular formula is C16H19NO2. The fourth-order valence-electron chi connectivity index (χ4n) is 2.62. The van der Waals surface area contributed by atoms with Gasteiger partial charge in [0.2, 0.25) is 0 Å². The highest BCUT2D eigenvalue weighted by molar-refractivity contribution is 5.38. The molecule has 3 rings (SSSR count). The second-order valence-electron chi connectivity index (χ2n) is 5.00. The summed E-state index contributed by atoms with van der Waals surface area (Å²) in [5.74, 6) is 0.947. The van der Waals surface area contributed by atoms with Crippen molar-refractivity contribution in [2.75, 3.05) is 6.54 Å². The summed E-state index contributed by atoms with van der Waals surface area (Å²) in [6.07, 6.45) is 1.84. The summed E-state index contributed by atoms with van der Waals surface area (Å²) in [7, 11) is 0. The number of ether oxygens (including phenoxy) is 1. The van der Waals surface area contributed by atoms with Crippen LogP contribution >= 0.6 is 0 Å². The van der Waals surface area contributed by atoms with Crippen molar-refractivity contribution in [3.63, 3.8) is 0 Å². The first-order valence-electron chi connectivity index (χ1n) is 6.76. The lowest BCUT2D eigenvalue weighted by molar-refractivity contribution is 0.134. The highest BCUT2D eigenvalue weighted by Gasteiger charge is 2.18. The van der Waals surface area contributed by atoms with Crippen LogP contribution in [0.1, 0.15) is 41.0 Å². The molecule has 0 saturated carbocycles. The molecule has 3 heteroatoms. The van der Waals surface area contributed by atoms with Gasteiger partial charge in [0.25, 0.3) is 0 Å². The molecule has 2 heterocycles. The molecule has 3 nitrogen and oxygen atoms in total. The molecule has 1 atom stereocenters. The van der Waals surface area contributed by atoms with Crippen LogP contribution in [-0.2, 0) is 18.0 Å². The molecule has 0 aliphatic carbocycles. The van der Waals surface area contributed by atoms with E-state index in [4.69, 9.17) is 9.15 Å². The van der Waals surface area contributed by atoms with Gasteiger partial charge >= 0.3 is 0 Å². The van der Waals surface area contributed by atoms with Crippen LogP contribution < -0.4 is 5.32 Å². The maximum atomic E-state index is 5.48. The normalized spacial score (nSPS) is 15.5.